The third-order valence-corrected chi connectivity index (χ3v) is 3.30. The van der Waals surface area contributed by atoms with Crippen molar-refractivity contribution in [3.8, 4) is 0 Å². The van der Waals surface area contributed by atoms with Crippen molar-refractivity contribution < 1.29 is 0 Å². The Morgan fingerprint density at radius 1 is 1.07 bits per heavy atom. The zero-order chi connectivity index (χ0) is 10.0. The van der Waals surface area contributed by atoms with Crippen molar-refractivity contribution >= 4 is 0 Å². The van der Waals surface area contributed by atoms with Crippen molar-refractivity contribution in [1.29, 1.82) is 0 Å². The van der Waals surface area contributed by atoms with Gasteiger partial charge in [0, 0.05) is 5.41 Å². The monoisotopic (exact) mass is 184 g/mol. The van der Waals surface area contributed by atoms with Crippen LogP contribution in [-0.4, -0.2) is 0 Å². The van der Waals surface area contributed by atoms with Crippen LogP contribution in [0.2, 0.25) is 0 Å². The maximum absolute atomic E-state index is 2.30. The minimum absolute atomic E-state index is 0.163. The van der Waals surface area contributed by atoms with Gasteiger partial charge in [-0.3, -0.25) is 0 Å². The van der Waals surface area contributed by atoms with Crippen LogP contribution in [0.5, 0.6) is 0 Å². The van der Waals surface area contributed by atoms with Crippen LogP contribution in [0.1, 0.15) is 19.4 Å². The topological polar surface area (TPSA) is 0 Å². The maximum atomic E-state index is 2.30. The molecule has 72 valence electrons. The summed E-state index contributed by atoms with van der Waals surface area (Å²) in [4.78, 5) is 0. The summed E-state index contributed by atoms with van der Waals surface area (Å²) in [5.41, 5.74) is 1.56. The molecular formula is C14H16. The Hall–Kier alpha value is -1.30. The van der Waals surface area contributed by atoms with Crippen molar-refractivity contribution in [1.82, 2.24) is 0 Å². The largest absolute Gasteiger partial charge is 0.0805 e. The molecule has 0 bridgehead atoms. The zero-order valence-corrected chi connectivity index (χ0v) is 8.77. The van der Waals surface area contributed by atoms with E-state index in [1.807, 2.05) is 0 Å². The first kappa shape index (κ1) is 9.26. The lowest BCUT2D eigenvalue weighted by Gasteiger charge is -2.33. The molecule has 0 nitrogen and oxygen atoms in total. The van der Waals surface area contributed by atoms with E-state index in [-0.39, 0.29) is 5.41 Å². The first-order valence-electron chi connectivity index (χ1n) is 5.15. The van der Waals surface area contributed by atoms with Crippen LogP contribution in [0, 0.1) is 5.92 Å². The SMILES string of the molecule is CC1C=CC=CC1(C)c1ccccc1. The Morgan fingerprint density at radius 3 is 2.43 bits per heavy atom. The molecule has 0 aliphatic heterocycles. The molecule has 2 atom stereocenters. The van der Waals surface area contributed by atoms with Crippen LogP contribution < -0.4 is 0 Å². The Morgan fingerprint density at radius 2 is 1.79 bits per heavy atom. The van der Waals surface area contributed by atoms with E-state index in [0.29, 0.717) is 5.92 Å². The fraction of sp³-hybridized carbons (Fsp3) is 0.286. The van der Waals surface area contributed by atoms with Gasteiger partial charge in [0.15, 0.2) is 0 Å². The van der Waals surface area contributed by atoms with Crippen LogP contribution in [0.3, 0.4) is 0 Å². The standard InChI is InChI=1S/C14H16/c1-12-8-6-7-11-14(12,2)13-9-4-3-5-10-13/h3-12H,1-2H3. The summed E-state index contributed by atoms with van der Waals surface area (Å²) in [5.74, 6) is 0.565. The Balaban J connectivity index is 2.42. The van der Waals surface area contributed by atoms with Crippen LogP contribution in [0.25, 0.3) is 0 Å². The van der Waals surface area contributed by atoms with E-state index >= 15 is 0 Å². The van der Waals surface area contributed by atoms with E-state index in [1.54, 1.807) is 0 Å². The number of rotatable bonds is 1. The molecule has 0 spiro atoms. The van der Waals surface area contributed by atoms with E-state index in [4.69, 9.17) is 0 Å². The first-order chi connectivity index (χ1) is 6.73. The summed E-state index contributed by atoms with van der Waals surface area (Å²) < 4.78 is 0. The van der Waals surface area contributed by atoms with Gasteiger partial charge in [-0.05, 0) is 11.5 Å². The third-order valence-electron chi connectivity index (χ3n) is 3.30. The molecule has 1 aliphatic carbocycles. The van der Waals surface area contributed by atoms with Crippen LogP contribution in [-0.2, 0) is 5.41 Å². The Bertz CT molecular complexity index is 359. The predicted octanol–water partition coefficient (Wildman–Crippen LogP) is 3.71. The van der Waals surface area contributed by atoms with Gasteiger partial charge < -0.3 is 0 Å². The van der Waals surface area contributed by atoms with Gasteiger partial charge in [0.2, 0.25) is 0 Å². The minimum Gasteiger partial charge on any atom is -0.0805 e. The Kier molecular flexibility index (Phi) is 2.28. The van der Waals surface area contributed by atoms with Gasteiger partial charge >= 0.3 is 0 Å². The van der Waals surface area contributed by atoms with Crippen LogP contribution >= 0.6 is 0 Å². The average molecular weight is 184 g/mol. The van der Waals surface area contributed by atoms with E-state index in [2.05, 4.69) is 68.5 Å². The lowest BCUT2D eigenvalue weighted by atomic mass is 9.70. The summed E-state index contributed by atoms with van der Waals surface area (Å²) in [6.07, 6.45) is 8.85. The van der Waals surface area contributed by atoms with Gasteiger partial charge in [-0.2, -0.15) is 0 Å². The van der Waals surface area contributed by atoms with E-state index in [0.717, 1.165) is 0 Å². The van der Waals surface area contributed by atoms with E-state index in [9.17, 15) is 0 Å². The van der Waals surface area contributed by atoms with Gasteiger partial charge in [0.05, 0.1) is 0 Å². The lowest BCUT2D eigenvalue weighted by molar-refractivity contribution is 0.457. The van der Waals surface area contributed by atoms with Crippen molar-refractivity contribution in [2.24, 2.45) is 5.92 Å². The molecule has 0 heterocycles. The highest BCUT2D eigenvalue weighted by Crippen LogP contribution is 2.36. The maximum Gasteiger partial charge on any atom is 0.0167 e. The summed E-state index contributed by atoms with van der Waals surface area (Å²) in [5, 5.41) is 0. The lowest BCUT2D eigenvalue weighted by Crippen LogP contribution is -2.27. The molecule has 1 aromatic carbocycles. The number of allylic oxidation sites excluding steroid dienone is 4. The highest BCUT2D eigenvalue weighted by molar-refractivity contribution is 5.36. The molecule has 2 rings (SSSR count). The molecule has 0 saturated heterocycles. The van der Waals surface area contributed by atoms with Gasteiger partial charge in [-0.1, -0.05) is 68.5 Å². The molecule has 0 radical (unpaired) electrons. The number of benzene rings is 1. The fourth-order valence-electron chi connectivity index (χ4n) is 1.99. The molecule has 1 aromatic rings. The fourth-order valence-corrected chi connectivity index (χ4v) is 1.99. The molecule has 0 heteroatoms. The average Bonchev–Trinajstić information content (AvgIpc) is 2.24. The van der Waals surface area contributed by atoms with Gasteiger partial charge in [-0.15, -0.1) is 0 Å². The Labute approximate surface area is 86.0 Å². The minimum atomic E-state index is 0.163. The molecule has 0 amide bonds. The molecular weight excluding hydrogens is 168 g/mol. The van der Waals surface area contributed by atoms with Crippen molar-refractivity contribution in [3.63, 3.8) is 0 Å². The highest BCUT2D eigenvalue weighted by atomic mass is 14.3. The molecule has 14 heavy (non-hydrogen) atoms. The number of hydrogen-bond acceptors (Lipinski definition) is 0. The molecule has 0 fully saturated rings. The summed E-state index contributed by atoms with van der Waals surface area (Å²) in [7, 11) is 0. The van der Waals surface area contributed by atoms with E-state index in [1.165, 1.54) is 5.56 Å². The zero-order valence-electron chi connectivity index (χ0n) is 8.77. The molecule has 2 unspecified atom stereocenters. The van der Waals surface area contributed by atoms with E-state index < -0.39 is 0 Å². The summed E-state index contributed by atoms with van der Waals surface area (Å²) >= 11 is 0. The quantitative estimate of drug-likeness (QED) is 0.624. The molecule has 1 aliphatic rings. The normalized spacial score (nSPS) is 30.6. The number of hydrogen-bond donors (Lipinski definition) is 0. The van der Waals surface area contributed by atoms with Gasteiger partial charge in [0.25, 0.3) is 0 Å². The van der Waals surface area contributed by atoms with Gasteiger partial charge in [-0.25, -0.2) is 0 Å². The predicted molar refractivity (Wildman–Crippen MR) is 61.2 cm³/mol. The van der Waals surface area contributed by atoms with Crippen molar-refractivity contribution in [3.05, 3.63) is 60.2 Å². The smallest absolute Gasteiger partial charge is 0.0167 e. The summed E-state index contributed by atoms with van der Waals surface area (Å²) in [6, 6.07) is 10.7. The third kappa shape index (κ3) is 1.41. The highest BCUT2D eigenvalue weighted by Gasteiger charge is 2.29. The second kappa shape index (κ2) is 3.45. The second-order valence-electron chi connectivity index (χ2n) is 4.18. The second-order valence-corrected chi connectivity index (χ2v) is 4.18. The molecule has 0 N–H and O–H groups in total. The summed E-state index contributed by atoms with van der Waals surface area (Å²) in [6.45, 7) is 4.57. The molecule has 0 saturated carbocycles. The first-order valence-corrected chi connectivity index (χ1v) is 5.15. The van der Waals surface area contributed by atoms with Gasteiger partial charge in [0.1, 0.15) is 0 Å². The van der Waals surface area contributed by atoms with Crippen LogP contribution in [0.15, 0.2) is 54.6 Å². The van der Waals surface area contributed by atoms with Crippen molar-refractivity contribution in [2.75, 3.05) is 0 Å². The van der Waals surface area contributed by atoms with Crippen molar-refractivity contribution in [2.45, 2.75) is 19.3 Å². The van der Waals surface area contributed by atoms with Crippen LogP contribution in [0.4, 0.5) is 0 Å². The molecule has 0 aromatic heterocycles.